The lowest BCUT2D eigenvalue weighted by Crippen LogP contribution is -2.51. The molecule has 0 bridgehead atoms. The number of carboxylic acid groups (broad SMARTS) is 1. The number of carboxylic acids is 1. The van der Waals surface area contributed by atoms with Crippen LogP contribution >= 0.6 is 0 Å². The van der Waals surface area contributed by atoms with Crippen LogP contribution < -0.4 is 0 Å². The van der Waals surface area contributed by atoms with Gasteiger partial charge in [0.15, 0.2) is 5.54 Å². The van der Waals surface area contributed by atoms with Crippen LogP contribution in [0.15, 0.2) is 30.5 Å². The Morgan fingerprint density at radius 2 is 2.00 bits per heavy atom. The smallest absolute Gasteiger partial charge is 0.331 e. The highest BCUT2D eigenvalue weighted by atomic mass is 16.4. The molecule has 6 heteroatoms. The molecule has 1 N–H and O–H groups in total. The lowest BCUT2D eigenvalue weighted by Gasteiger charge is -2.38. The van der Waals surface area contributed by atoms with Crippen molar-refractivity contribution in [3.05, 3.63) is 47.5 Å². The predicted molar refractivity (Wildman–Crippen MR) is 95.4 cm³/mol. The largest absolute Gasteiger partial charge is 0.479 e. The zero-order valence-corrected chi connectivity index (χ0v) is 15.1. The first-order valence-corrected chi connectivity index (χ1v) is 8.85. The topological polar surface area (TPSA) is 71.2 Å². The molecular formula is C19H26N4O2. The Kier molecular flexibility index (Phi) is 4.90. The van der Waals surface area contributed by atoms with Gasteiger partial charge in [-0.05, 0) is 43.9 Å². The number of piperidine rings is 1. The number of likely N-dealkylation sites (tertiary alicyclic amines) is 1. The van der Waals surface area contributed by atoms with Gasteiger partial charge < -0.3 is 5.11 Å². The van der Waals surface area contributed by atoms with Crippen molar-refractivity contribution in [1.29, 1.82) is 0 Å². The van der Waals surface area contributed by atoms with Crippen molar-refractivity contribution in [1.82, 2.24) is 19.7 Å². The van der Waals surface area contributed by atoms with Crippen molar-refractivity contribution in [2.75, 3.05) is 13.1 Å². The van der Waals surface area contributed by atoms with E-state index >= 15 is 0 Å². The Labute approximate surface area is 148 Å². The summed E-state index contributed by atoms with van der Waals surface area (Å²) >= 11 is 0. The maximum Gasteiger partial charge on any atom is 0.331 e. The number of carbonyl (C=O) groups is 1. The number of aliphatic carboxylic acids is 1. The summed E-state index contributed by atoms with van der Waals surface area (Å²) in [6.07, 6.45) is 2.92. The molecular weight excluding hydrogens is 316 g/mol. The number of rotatable bonds is 5. The predicted octanol–water partition coefficient (Wildman–Crippen LogP) is 2.79. The Morgan fingerprint density at radius 1 is 1.28 bits per heavy atom. The van der Waals surface area contributed by atoms with E-state index in [1.54, 1.807) is 4.68 Å². The fraction of sp³-hybridized carbons (Fsp3) is 0.526. The standard InChI is InChI=1S/C19H26N4O2/c1-14(2)17-7-10-23(21-17)19(18(24)25)8-11-22(12-9-19)13-16-6-4-5-15(3)20-16/h4-7,10,14H,8-9,11-13H2,1-3H3,(H,24,25). The highest BCUT2D eigenvalue weighted by Crippen LogP contribution is 2.31. The molecule has 0 amide bonds. The Morgan fingerprint density at radius 3 is 2.56 bits per heavy atom. The van der Waals surface area contributed by atoms with E-state index < -0.39 is 11.5 Å². The van der Waals surface area contributed by atoms with Crippen LogP contribution in [0.1, 0.15) is 49.7 Å². The number of hydrogen-bond donors (Lipinski definition) is 1. The molecule has 2 aromatic heterocycles. The van der Waals surface area contributed by atoms with Gasteiger partial charge in [-0.3, -0.25) is 14.6 Å². The highest BCUT2D eigenvalue weighted by Gasteiger charge is 2.44. The third kappa shape index (κ3) is 3.58. The molecule has 2 aromatic rings. The summed E-state index contributed by atoms with van der Waals surface area (Å²) in [6.45, 7) is 8.32. The minimum Gasteiger partial charge on any atom is -0.479 e. The van der Waals surface area contributed by atoms with Crippen LogP contribution in [0.3, 0.4) is 0 Å². The van der Waals surface area contributed by atoms with Crippen molar-refractivity contribution in [3.8, 4) is 0 Å². The summed E-state index contributed by atoms with van der Waals surface area (Å²) < 4.78 is 1.67. The second kappa shape index (κ2) is 6.96. The van der Waals surface area contributed by atoms with Crippen LogP contribution in [0.5, 0.6) is 0 Å². The number of aryl methyl sites for hydroxylation is 1. The van der Waals surface area contributed by atoms with Crippen LogP contribution in [0.4, 0.5) is 0 Å². The van der Waals surface area contributed by atoms with Gasteiger partial charge in [0, 0.05) is 31.5 Å². The van der Waals surface area contributed by atoms with Gasteiger partial charge in [-0.2, -0.15) is 5.10 Å². The van der Waals surface area contributed by atoms with Crippen molar-refractivity contribution in [3.63, 3.8) is 0 Å². The number of nitrogens with zero attached hydrogens (tertiary/aromatic N) is 4. The van der Waals surface area contributed by atoms with E-state index in [0.29, 0.717) is 18.8 Å². The first-order valence-electron chi connectivity index (χ1n) is 8.85. The molecule has 6 nitrogen and oxygen atoms in total. The van der Waals surface area contributed by atoms with Crippen LogP contribution in [0.25, 0.3) is 0 Å². The maximum absolute atomic E-state index is 12.1. The van der Waals surface area contributed by atoms with Crippen LogP contribution in [0.2, 0.25) is 0 Å². The molecule has 0 aliphatic carbocycles. The van der Waals surface area contributed by atoms with Crippen molar-refractivity contribution in [2.45, 2.75) is 51.6 Å². The summed E-state index contributed by atoms with van der Waals surface area (Å²) in [5, 5.41) is 14.5. The van der Waals surface area contributed by atoms with E-state index in [4.69, 9.17) is 0 Å². The van der Waals surface area contributed by atoms with Crippen LogP contribution in [-0.2, 0) is 16.9 Å². The molecule has 0 spiro atoms. The molecule has 3 heterocycles. The van der Waals surface area contributed by atoms with Crippen LogP contribution in [-0.4, -0.2) is 43.8 Å². The Bertz CT molecular complexity index is 745. The van der Waals surface area contributed by atoms with Gasteiger partial charge in [-0.1, -0.05) is 19.9 Å². The van der Waals surface area contributed by atoms with Gasteiger partial charge in [0.2, 0.25) is 0 Å². The molecule has 0 radical (unpaired) electrons. The molecule has 1 aliphatic rings. The first-order chi connectivity index (χ1) is 11.9. The quantitative estimate of drug-likeness (QED) is 0.905. The minimum atomic E-state index is -0.941. The van der Waals surface area contributed by atoms with Crippen molar-refractivity contribution >= 4 is 5.97 Å². The molecule has 0 aromatic carbocycles. The third-order valence-corrected chi connectivity index (χ3v) is 5.05. The fourth-order valence-corrected chi connectivity index (χ4v) is 3.42. The molecule has 3 rings (SSSR count). The third-order valence-electron chi connectivity index (χ3n) is 5.05. The zero-order chi connectivity index (χ0) is 18.0. The Balaban J connectivity index is 1.73. The van der Waals surface area contributed by atoms with E-state index in [-0.39, 0.29) is 0 Å². The molecule has 134 valence electrons. The Hall–Kier alpha value is -2.21. The molecule has 25 heavy (non-hydrogen) atoms. The summed E-state index contributed by atoms with van der Waals surface area (Å²) in [5.74, 6) is -0.501. The van der Waals surface area contributed by atoms with Crippen molar-refractivity contribution in [2.24, 2.45) is 0 Å². The molecule has 1 aliphatic heterocycles. The summed E-state index contributed by atoms with van der Waals surface area (Å²) in [6, 6.07) is 7.95. The number of hydrogen-bond acceptors (Lipinski definition) is 4. The van der Waals surface area contributed by atoms with E-state index in [1.165, 1.54) is 0 Å². The molecule has 1 fully saturated rings. The van der Waals surface area contributed by atoms with Gasteiger partial charge in [0.1, 0.15) is 0 Å². The van der Waals surface area contributed by atoms with E-state index in [9.17, 15) is 9.90 Å². The fourth-order valence-electron chi connectivity index (χ4n) is 3.42. The van der Waals surface area contributed by atoms with Crippen molar-refractivity contribution < 1.29 is 9.90 Å². The molecule has 0 saturated carbocycles. The van der Waals surface area contributed by atoms with E-state index in [0.717, 1.165) is 36.7 Å². The average Bonchev–Trinajstić information content (AvgIpc) is 3.06. The number of pyridine rings is 1. The maximum atomic E-state index is 12.1. The lowest BCUT2D eigenvalue weighted by molar-refractivity contribution is -0.151. The normalized spacial score (nSPS) is 17.8. The lowest BCUT2D eigenvalue weighted by atomic mass is 9.87. The summed E-state index contributed by atoms with van der Waals surface area (Å²) in [4.78, 5) is 18.9. The van der Waals surface area contributed by atoms with Gasteiger partial charge in [-0.25, -0.2) is 4.79 Å². The SMILES string of the molecule is Cc1cccc(CN2CCC(C(=O)O)(n3ccc(C(C)C)n3)CC2)n1. The molecule has 0 atom stereocenters. The van der Waals surface area contributed by atoms with Crippen LogP contribution in [0, 0.1) is 6.92 Å². The average molecular weight is 342 g/mol. The second-order valence-corrected chi connectivity index (χ2v) is 7.22. The zero-order valence-electron chi connectivity index (χ0n) is 15.1. The summed E-state index contributed by atoms with van der Waals surface area (Å²) in [5.41, 5.74) is 2.03. The minimum absolute atomic E-state index is 0.291. The molecule has 1 saturated heterocycles. The monoisotopic (exact) mass is 342 g/mol. The van der Waals surface area contributed by atoms with E-state index in [2.05, 4.69) is 28.8 Å². The second-order valence-electron chi connectivity index (χ2n) is 7.22. The van der Waals surface area contributed by atoms with Gasteiger partial charge >= 0.3 is 5.97 Å². The number of aromatic nitrogens is 3. The van der Waals surface area contributed by atoms with Gasteiger partial charge in [0.25, 0.3) is 0 Å². The molecule has 0 unspecified atom stereocenters. The van der Waals surface area contributed by atoms with Gasteiger partial charge in [0.05, 0.1) is 11.4 Å². The first kappa shape index (κ1) is 17.6. The highest BCUT2D eigenvalue weighted by molar-refractivity contribution is 5.76. The van der Waals surface area contributed by atoms with Gasteiger partial charge in [-0.15, -0.1) is 0 Å². The summed E-state index contributed by atoms with van der Waals surface area (Å²) in [7, 11) is 0. The van der Waals surface area contributed by atoms with E-state index in [1.807, 2.05) is 37.4 Å².